The average molecular weight is 368 g/mol. The van der Waals surface area contributed by atoms with Crippen LogP contribution < -0.4 is 5.32 Å². The summed E-state index contributed by atoms with van der Waals surface area (Å²) in [6.45, 7) is 1.02. The van der Waals surface area contributed by atoms with Gasteiger partial charge in [0.25, 0.3) is 5.91 Å². The van der Waals surface area contributed by atoms with Gasteiger partial charge in [-0.05, 0) is 17.2 Å². The smallest absolute Gasteiger partial charge is 0.255 e. The molecule has 2 aromatic carbocycles. The van der Waals surface area contributed by atoms with Crippen LogP contribution in [0.15, 0.2) is 91.4 Å². The van der Waals surface area contributed by atoms with E-state index in [2.05, 4.69) is 27.5 Å². The molecule has 0 aliphatic rings. The van der Waals surface area contributed by atoms with E-state index in [4.69, 9.17) is 0 Å². The van der Waals surface area contributed by atoms with Crippen LogP contribution in [0.4, 0.5) is 0 Å². The Morgan fingerprint density at radius 3 is 2.29 bits per heavy atom. The monoisotopic (exact) mass is 368 g/mol. The molecular weight excluding hydrogens is 348 g/mol. The molecule has 1 amide bonds. The Kier molecular flexibility index (Phi) is 5.24. The first kappa shape index (κ1) is 17.7. The van der Waals surface area contributed by atoms with E-state index in [9.17, 15) is 4.79 Å². The zero-order chi connectivity index (χ0) is 19.2. The molecule has 0 atom stereocenters. The Balaban J connectivity index is 1.64. The largest absolute Gasteiger partial charge is 0.348 e. The van der Waals surface area contributed by atoms with Gasteiger partial charge in [0, 0.05) is 24.5 Å². The zero-order valence-electron chi connectivity index (χ0n) is 15.3. The molecule has 5 heteroatoms. The summed E-state index contributed by atoms with van der Waals surface area (Å²) in [6.07, 6.45) is 5.10. The van der Waals surface area contributed by atoms with E-state index in [-0.39, 0.29) is 5.91 Å². The van der Waals surface area contributed by atoms with Gasteiger partial charge in [0.15, 0.2) is 0 Å². The Bertz CT molecular complexity index is 1040. The van der Waals surface area contributed by atoms with Crippen molar-refractivity contribution < 1.29 is 4.79 Å². The molecule has 0 aliphatic carbocycles. The molecule has 1 N–H and O–H groups in total. The van der Waals surface area contributed by atoms with Crippen molar-refractivity contribution in [3.63, 3.8) is 0 Å². The Morgan fingerprint density at radius 2 is 1.57 bits per heavy atom. The highest BCUT2D eigenvalue weighted by molar-refractivity contribution is 5.99. The van der Waals surface area contributed by atoms with Gasteiger partial charge in [-0.25, -0.2) is 0 Å². The number of benzene rings is 2. The minimum absolute atomic E-state index is 0.151. The van der Waals surface area contributed by atoms with Crippen LogP contribution in [-0.4, -0.2) is 20.7 Å². The molecule has 2 aromatic heterocycles. The van der Waals surface area contributed by atoms with Crippen molar-refractivity contribution in [1.82, 2.24) is 20.1 Å². The highest BCUT2D eigenvalue weighted by Gasteiger charge is 2.19. The van der Waals surface area contributed by atoms with Gasteiger partial charge in [-0.1, -0.05) is 66.7 Å². The molecule has 0 aliphatic heterocycles. The first-order valence-electron chi connectivity index (χ1n) is 9.13. The predicted octanol–water partition coefficient (Wildman–Crippen LogP) is 3.92. The quantitative estimate of drug-likeness (QED) is 0.561. The molecule has 4 aromatic rings. The number of aromatic nitrogens is 3. The van der Waals surface area contributed by atoms with Crippen LogP contribution in [-0.2, 0) is 13.1 Å². The van der Waals surface area contributed by atoms with Gasteiger partial charge >= 0.3 is 0 Å². The summed E-state index contributed by atoms with van der Waals surface area (Å²) in [6, 6.07) is 23.8. The maximum absolute atomic E-state index is 12.9. The van der Waals surface area contributed by atoms with Gasteiger partial charge in [0.2, 0.25) is 0 Å². The SMILES string of the molecule is O=C(NCc1cccnc1)c1cnn(Cc2ccccc2)c1-c1ccccc1. The van der Waals surface area contributed by atoms with Gasteiger partial charge in [-0.15, -0.1) is 0 Å². The fourth-order valence-corrected chi connectivity index (χ4v) is 3.11. The second-order valence-electron chi connectivity index (χ2n) is 6.46. The van der Waals surface area contributed by atoms with Crippen molar-refractivity contribution in [3.05, 3.63) is 108 Å². The molecule has 0 saturated heterocycles. The zero-order valence-corrected chi connectivity index (χ0v) is 15.3. The molecule has 0 spiro atoms. The lowest BCUT2D eigenvalue weighted by atomic mass is 10.1. The molecule has 0 fully saturated rings. The van der Waals surface area contributed by atoms with Crippen LogP contribution in [0.5, 0.6) is 0 Å². The van der Waals surface area contributed by atoms with Crippen molar-refractivity contribution >= 4 is 5.91 Å². The summed E-state index contributed by atoms with van der Waals surface area (Å²) in [7, 11) is 0. The minimum atomic E-state index is -0.151. The van der Waals surface area contributed by atoms with Gasteiger partial charge < -0.3 is 5.32 Å². The average Bonchev–Trinajstić information content (AvgIpc) is 3.17. The molecule has 4 rings (SSSR count). The van der Waals surface area contributed by atoms with Crippen molar-refractivity contribution in [2.45, 2.75) is 13.1 Å². The summed E-state index contributed by atoms with van der Waals surface area (Å²) in [5.41, 5.74) is 4.42. The van der Waals surface area contributed by atoms with Crippen LogP contribution in [0.25, 0.3) is 11.3 Å². The number of rotatable bonds is 6. The number of carbonyl (C=O) groups is 1. The van der Waals surface area contributed by atoms with E-state index in [0.717, 1.165) is 22.4 Å². The van der Waals surface area contributed by atoms with Crippen molar-refractivity contribution in [2.24, 2.45) is 0 Å². The number of nitrogens with zero attached hydrogens (tertiary/aromatic N) is 3. The number of carbonyl (C=O) groups excluding carboxylic acids is 1. The van der Waals surface area contributed by atoms with Gasteiger partial charge in [0.05, 0.1) is 24.0 Å². The van der Waals surface area contributed by atoms with Crippen LogP contribution in [0, 0.1) is 0 Å². The lowest BCUT2D eigenvalue weighted by molar-refractivity contribution is 0.0951. The first-order valence-corrected chi connectivity index (χ1v) is 9.13. The second-order valence-corrected chi connectivity index (χ2v) is 6.46. The van der Waals surface area contributed by atoms with Gasteiger partial charge in [0.1, 0.15) is 0 Å². The highest BCUT2D eigenvalue weighted by atomic mass is 16.1. The van der Waals surface area contributed by atoms with Crippen LogP contribution in [0.1, 0.15) is 21.5 Å². The third-order valence-electron chi connectivity index (χ3n) is 4.48. The van der Waals surface area contributed by atoms with Crippen LogP contribution in [0.3, 0.4) is 0 Å². The van der Waals surface area contributed by atoms with E-state index in [0.29, 0.717) is 18.7 Å². The van der Waals surface area contributed by atoms with Crippen LogP contribution in [0.2, 0.25) is 0 Å². The Hall–Kier alpha value is -3.73. The fraction of sp³-hybridized carbons (Fsp3) is 0.0870. The van der Waals surface area contributed by atoms with Crippen molar-refractivity contribution in [2.75, 3.05) is 0 Å². The lowest BCUT2D eigenvalue weighted by Gasteiger charge is -2.11. The van der Waals surface area contributed by atoms with Crippen molar-refractivity contribution in [1.29, 1.82) is 0 Å². The molecule has 138 valence electrons. The molecular formula is C23H20N4O. The van der Waals surface area contributed by atoms with Gasteiger partial charge in [-0.2, -0.15) is 5.10 Å². The lowest BCUT2D eigenvalue weighted by Crippen LogP contribution is -2.23. The maximum Gasteiger partial charge on any atom is 0.255 e. The molecule has 28 heavy (non-hydrogen) atoms. The highest BCUT2D eigenvalue weighted by Crippen LogP contribution is 2.24. The topological polar surface area (TPSA) is 59.8 Å². The Labute approximate surface area is 163 Å². The number of nitrogens with one attached hydrogen (secondary N) is 1. The summed E-state index contributed by atoms with van der Waals surface area (Å²) in [4.78, 5) is 17.0. The van der Waals surface area contributed by atoms with E-state index < -0.39 is 0 Å². The van der Waals surface area contributed by atoms with E-state index in [1.165, 1.54) is 0 Å². The fourth-order valence-electron chi connectivity index (χ4n) is 3.11. The Morgan fingerprint density at radius 1 is 0.857 bits per heavy atom. The summed E-state index contributed by atoms with van der Waals surface area (Å²) < 4.78 is 1.88. The van der Waals surface area contributed by atoms with E-state index in [1.807, 2.05) is 65.3 Å². The second kappa shape index (κ2) is 8.31. The number of hydrogen-bond donors (Lipinski definition) is 1. The predicted molar refractivity (Wildman–Crippen MR) is 109 cm³/mol. The standard InChI is InChI=1S/C23H20N4O/c28-23(25-15-19-10-7-13-24-14-19)21-16-26-27(17-18-8-3-1-4-9-18)22(21)20-11-5-2-6-12-20/h1-14,16H,15,17H2,(H,25,28). The first-order chi connectivity index (χ1) is 13.8. The minimum Gasteiger partial charge on any atom is -0.348 e. The van der Waals surface area contributed by atoms with Crippen molar-refractivity contribution in [3.8, 4) is 11.3 Å². The molecule has 0 radical (unpaired) electrons. The third-order valence-corrected chi connectivity index (χ3v) is 4.48. The number of hydrogen-bond acceptors (Lipinski definition) is 3. The van der Waals surface area contributed by atoms with E-state index in [1.54, 1.807) is 18.6 Å². The summed E-state index contributed by atoms with van der Waals surface area (Å²) >= 11 is 0. The molecule has 0 unspecified atom stereocenters. The normalized spacial score (nSPS) is 10.6. The molecule has 5 nitrogen and oxygen atoms in total. The summed E-state index contributed by atoms with van der Waals surface area (Å²) in [5.74, 6) is -0.151. The maximum atomic E-state index is 12.9. The number of pyridine rings is 1. The van der Waals surface area contributed by atoms with Gasteiger partial charge in [-0.3, -0.25) is 14.5 Å². The molecule has 0 saturated carbocycles. The molecule has 0 bridgehead atoms. The van der Waals surface area contributed by atoms with Crippen LogP contribution >= 0.6 is 0 Å². The molecule has 2 heterocycles. The summed E-state index contributed by atoms with van der Waals surface area (Å²) in [5, 5.41) is 7.48. The van der Waals surface area contributed by atoms with E-state index >= 15 is 0 Å². The third kappa shape index (κ3) is 3.99. The number of amides is 1.